The molecule has 9 heteroatoms. The van der Waals surface area contributed by atoms with Crippen molar-refractivity contribution in [3.8, 4) is 5.75 Å². The Hall–Kier alpha value is -3.36. The van der Waals surface area contributed by atoms with Crippen molar-refractivity contribution in [2.24, 2.45) is 0 Å². The van der Waals surface area contributed by atoms with Crippen molar-refractivity contribution in [2.45, 2.75) is 19.3 Å². The van der Waals surface area contributed by atoms with E-state index in [1.807, 2.05) is 0 Å². The van der Waals surface area contributed by atoms with Crippen LogP contribution in [0.4, 0.5) is 13.2 Å². The zero-order valence-corrected chi connectivity index (χ0v) is 14.6. The maximum absolute atomic E-state index is 12.1. The second-order valence-corrected chi connectivity index (χ2v) is 5.98. The number of ether oxygens (including phenoxy) is 1. The summed E-state index contributed by atoms with van der Waals surface area (Å²) in [6.07, 6.45) is -3.12. The van der Waals surface area contributed by atoms with Crippen molar-refractivity contribution in [1.29, 1.82) is 0 Å². The Morgan fingerprint density at radius 3 is 2.54 bits per heavy atom. The fourth-order valence-electron chi connectivity index (χ4n) is 2.68. The lowest BCUT2D eigenvalue weighted by Gasteiger charge is -2.11. The molecule has 0 unspecified atom stereocenters. The zero-order chi connectivity index (χ0) is 20.1. The average molecular weight is 391 g/mol. The highest BCUT2D eigenvalue weighted by molar-refractivity contribution is 5.81. The Labute approximate surface area is 157 Å². The van der Waals surface area contributed by atoms with Gasteiger partial charge in [-0.05, 0) is 36.2 Å². The van der Waals surface area contributed by atoms with Gasteiger partial charge < -0.3 is 10.1 Å². The summed E-state index contributed by atoms with van der Waals surface area (Å²) in [5, 5.41) is 7.19. The molecular formula is C19H16F3N3O3. The van der Waals surface area contributed by atoms with Gasteiger partial charge in [-0.3, -0.25) is 14.3 Å². The van der Waals surface area contributed by atoms with Crippen LogP contribution in [0, 0.1) is 0 Å². The van der Waals surface area contributed by atoms with E-state index in [-0.39, 0.29) is 23.6 Å². The van der Waals surface area contributed by atoms with Gasteiger partial charge in [-0.25, -0.2) is 0 Å². The lowest BCUT2D eigenvalue weighted by Crippen LogP contribution is -2.30. The first-order valence-corrected chi connectivity index (χ1v) is 8.38. The minimum atomic E-state index is -4.73. The summed E-state index contributed by atoms with van der Waals surface area (Å²) in [5.41, 5.74) is 1.09. The van der Waals surface area contributed by atoms with Gasteiger partial charge in [0.2, 0.25) is 11.3 Å². The van der Waals surface area contributed by atoms with Crippen LogP contribution in [0.3, 0.4) is 0 Å². The molecule has 0 spiro atoms. The smallest absolute Gasteiger partial charge is 0.406 e. The first kappa shape index (κ1) is 19.4. The van der Waals surface area contributed by atoms with E-state index in [1.165, 1.54) is 35.1 Å². The minimum Gasteiger partial charge on any atom is -0.406 e. The summed E-state index contributed by atoms with van der Waals surface area (Å²) in [6.45, 7) is 0.246. The molecule has 1 aromatic heterocycles. The van der Waals surface area contributed by atoms with Gasteiger partial charge in [0.25, 0.3) is 0 Å². The molecule has 0 bridgehead atoms. The highest BCUT2D eigenvalue weighted by atomic mass is 19.4. The van der Waals surface area contributed by atoms with Crippen LogP contribution in [0.5, 0.6) is 5.75 Å². The van der Waals surface area contributed by atoms with Gasteiger partial charge in [0.05, 0.1) is 11.7 Å². The van der Waals surface area contributed by atoms with Gasteiger partial charge in [-0.2, -0.15) is 5.10 Å². The summed E-state index contributed by atoms with van der Waals surface area (Å²) in [5.74, 6) is -0.588. The Morgan fingerprint density at radius 1 is 1.11 bits per heavy atom. The number of hydrogen-bond acceptors (Lipinski definition) is 4. The first-order chi connectivity index (χ1) is 13.3. The number of carbonyl (C=O) groups excluding carboxylic acids is 1. The number of nitrogens with one attached hydrogen (secondary N) is 1. The molecule has 0 saturated carbocycles. The van der Waals surface area contributed by atoms with Crippen LogP contribution in [0.1, 0.15) is 5.56 Å². The molecule has 28 heavy (non-hydrogen) atoms. The molecule has 146 valence electrons. The molecule has 1 heterocycles. The minimum absolute atomic E-state index is 0.0564. The molecule has 0 aliphatic carbocycles. The van der Waals surface area contributed by atoms with E-state index in [9.17, 15) is 22.8 Å². The molecule has 2 aromatic carbocycles. The van der Waals surface area contributed by atoms with Crippen molar-refractivity contribution >= 4 is 16.8 Å². The normalized spacial score (nSPS) is 11.4. The molecule has 3 aromatic rings. The monoisotopic (exact) mass is 391 g/mol. The number of para-hydroxylation sites is 1. The van der Waals surface area contributed by atoms with Gasteiger partial charge >= 0.3 is 6.36 Å². The molecule has 0 aliphatic heterocycles. The van der Waals surface area contributed by atoms with E-state index >= 15 is 0 Å². The Bertz CT molecular complexity index is 1030. The van der Waals surface area contributed by atoms with Gasteiger partial charge in [-0.1, -0.05) is 24.3 Å². The molecule has 0 radical (unpaired) electrons. The maximum Gasteiger partial charge on any atom is 0.573 e. The molecule has 0 aliphatic rings. The highest BCUT2D eigenvalue weighted by Gasteiger charge is 2.30. The Kier molecular flexibility index (Phi) is 5.62. The van der Waals surface area contributed by atoms with Crippen LogP contribution in [0.2, 0.25) is 0 Å². The number of rotatable bonds is 6. The predicted octanol–water partition coefficient (Wildman–Crippen LogP) is 2.65. The highest BCUT2D eigenvalue weighted by Crippen LogP contribution is 2.22. The van der Waals surface area contributed by atoms with E-state index in [4.69, 9.17) is 0 Å². The van der Waals surface area contributed by atoms with Crippen molar-refractivity contribution in [3.63, 3.8) is 0 Å². The van der Waals surface area contributed by atoms with Gasteiger partial charge in [0, 0.05) is 11.9 Å². The summed E-state index contributed by atoms with van der Waals surface area (Å²) in [6, 6.07) is 12.3. The Morgan fingerprint density at radius 2 is 1.82 bits per heavy atom. The molecular weight excluding hydrogens is 375 g/mol. The molecule has 6 nitrogen and oxygen atoms in total. The SMILES string of the molecule is O=C(Cn1ncc(=O)c2ccccc21)NCCc1ccc(OC(F)(F)F)cc1. The van der Waals surface area contributed by atoms with Crippen molar-refractivity contribution in [3.05, 3.63) is 70.5 Å². The zero-order valence-electron chi connectivity index (χ0n) is 14.6. The maximum atomic E-state index is 12.1. The fourth-order valence-corrected chi connectivity index (χ4v) is 2.68. The van der Waals surface area contributed by atoms with Crippen LogP contribution >= 0.6 is 0 Å². The quantitative estimate of drug-likeness (QED) is 0.701. The van der Waals surface area contributed by atoms with Crippen LogP contribution in [-0.4, -0.2) is 28.6 Å². The summed E-state index contributed by atoms with van der Waals surface area (Å²) < 4.78 is 41.7. The van der Waals surface area contributed by atoms with Crippen LogP contribution in [-0.2, 0) is 17.8 Å². The van der Waals surface area contributed by atoms with E-state index < -0.39 is 6.36 Å². The molecule has 1 N–H and O–H groups in total. The van der Waals surface area contributed by atoms with Crippen molar-refractivity contribution in [1.82, 2.24) is 15.1 Å². The molecule has 3 rings (SSSR count). The number of carbonyl (C=O) groups is 1. The second-order valence-electron chi connectivity index (χ2n) is 5.98. The fraction of sp³-hybridized carbons (Fsp3) is 0.211. The third-order valence-corrected chi connectivity index (χ3v) is 3.95. The van der Waals surface area contributed by atoms with Crippen LogP contribution in [0.25, 0.3) is 10.9 Å². The summed E-state index contributed by atoms with van der Waals surface area (Å²) >= 11 is 0. The standard InChI is InChI=1S/C19H16F3N3O3/c20-19(21,22)28-14-7-5-13(6-8-14)9-10-23-18(27)12-25-16-4-2-1-3-15(16)17(26)11-24-25/h1-8,11H,9-10,12H2,(H,23,27). The number of aromatic nitrogens is 2. The van der Waals surface area contributed by atoms with E-state index in [2.05, 4.69) is 15.2 Å². The predicted molar refractivity (Wildman–Crippen MR) is 95.8 cm³/mol. The van der Waals surface area contributed by atoms with Gasteiger partial charge in [-0.15, -0.1) is 13.2 Å². The third kappa shape index (κ3) is 5.09. The number of hydrogen-bond donors (Lipinski definition) is 1. The second kappa shape index (κ2) is 8.12. The van der Waals surface area contributed by atoms with Gasteiger partial charge in [0.1, 0.15) is 12.3 Å². The number of alkyl halides is 3. The van der Waals surface area contributed by atoms with Crippen molar-refractivity contribution < 1.29 is 22.7 Å². The van der Waals surface area contributed by atoms with E-state index in [0.717, 1.165) is 5.56 Å². The van der Waals surface area contributed by atoms with E-state index in [0.29, 0.717) is 23.9 Å². The number of amides is 1. The molecule has 0 saturated heterocycles. The number of halogens is 3. The first-order valence-electron chi connectivity index (χ1n) is 8.38. The van der Waals surface area contributed by atoms with E-state index in [1.54, 1.807) is 24.3 Å². The average Bonchev–Trinajstić information content (AvgIpc) is 2.64. The molecule has 0 atom stereocenters. The van der Waals surface area contributed by atoms with Gasteiger partial charge in [0.15, 0.2) is 0 Å². The molecule has 0 fully saturated rings. The molecule has 1 amide bonds. The summed E-state index contributed by atoms with van der Waals surface area (Å²) in [7, 11) is 0. The number of benzene rings is 2. The topological polar surface area (TPSA) is 73.2 Å². The van der Waals surface area contributed by atoms with Crippen LogP contribution in [0.15, 0.2) is 59.5 Å². The third-order valence-electron chi connectivity index (χ3n) is 3.95. The van der Waals surface area contributed by atoms with Crippen molar-refractivity contribution in [2.75, 3.05) is 6.54 Å². The lowest BCUT2D eigenvalue weighted by molar-refractivity contribution is -0.274. The lowest BCUT2D eigenvalue weighted by atomic mass is 10.1. The largest absolute Gasteiger partial charge is 0.573 e. The summed E-state index contributed by atoms with van der Waals surface area (Å²) in [4.78, 5) is 23.9. The number of nitrogens with zero attached hydrogens (tertiary/aromatic N) is 2. The van der Waals surface area contributed by atoms with Crippen LogP contribution < -0.4 is 15.5 Å². The number of fused-ring (bicyclic) bond motifs is 1. The Balaban J connectivity index is 1.54.